The summed E-state index contributed by atoms with van der Waals surface area (Å²) < 4.78 is 45.6. The first-order valence-electron chi connectivity index (χ1n) is 13.5. The van der Waals surface area contributed by atoms with Gasteiger partial charge in [0.1, 0.15) is 0 Å². The minimum Gasteiger partial charge on any atom is -0.381 e. The zero-order chi connectivity index (χ0) is 32.0. The molecule has 1 aromatic heterocycles. The number of benzene rings is 2. The summed E-state index contributed by atoms with van der Waals surface area (Å²) in [6.07, 6.45) is 5.24. The Morgan fingerprint density at radius 3 is 2.19 bits per heavy atom. The predicted octanol–water partition coefficient (Wildman–Crippen LogP) is 5.76. The fraction of sp³-hybridized carbons (Fsp3) is 0.250. The maximum atomic E-state index is 13.0. The number of allylic oxidation sites excluding steroid dienone is 4. The molecule has 11 heteroatoms. The first-order chi connectivity index (χ1) is 20.6. The Hall–Kier alpha value is -4.45. The van der Waals surface area contributed by atoms with Gasteiger partial charge in [-0.05, 0) is 61.5 Å². The molecule has 8 nitrogen and oxygen atoms in total. The van der Waals surface area contributed by atoms with Gasteiger partial charge >= 0.3 is 6.18 Å². The zero-order valence-electron chi connectivity index (χ0n) is 24.9. The van der Waals surface area contributed by atoms with Gasteiger partial charge in [0.2, 0.25) is 5.91 Å². The van der Waals surface area contributed by atoms with Crippen LogP contribution in [0.4, 0.5) is 13.2 Å². The van der Waals surface area contributed by atoms with E-state index in [1.54, 1.807) is 37.2 Å². The molecule has 0 saturated carbocycles. The van der Waals surface area contributed by atoms with Crippen molar-refractivity contribution in [1.82, 2.24) is 20.1 Å². The molecule has 0 unspecified atom stereocenters. The number of nitrogens with one attached hydrogen (secondary N) is 1. The van der Waals surface area contributed by atoms with Crippen LogP contribution in [0.25, 0.3) is 28.1 Å². The number of aryl methyl sites for hydroxylation is 1. The molecule has 3 rings (SSSR count). The van der Waals surface area contributed by atoms with Gasteiger partial charge < -0.3 is 15.8 Å². The Balaban J connectivity index is 0.00000316. The topological polar surface area (TPSA) is 111 Å². The highest BCUT2D eigenvalue weighted by Gasteiger charge is 2.30. The van der Waals surface area contributed by atoms with Gasteiger partial charge in [0.05, 0.1) is 29.3 Å². The number of amides is 1. The lowest BCUT2D eigenvalue weighted by Gasteiger charge is -2.14. The van der Waals surface area contributed by atoms with Gasteiger partial charge in [-0.15, -0.1) is 0 Å². The zero-order valence-corrected chi connectivity index (χ0v) is 24.9. The first-order valence-corrected chi connectivity index (χ1v) is 13.5. The van der Waals surface area contributed by atoms with Gasteiger partial charge in [-0.1, -0.05) is 49.1 Å². The Morgan fingerprint density at radius 1 is 1.07 bits per heavy atom. The predicted molar refractivity (Wildman–Crippen MR) is 166 cm³/mol. The van der Waals surface area contributed by atoms with Crippen molar-refractivity contribution in [2.24, 2.45) is 11.6 Å². The van der Waals surface area contributed by atoms with E-state index in [0.29, 0.717) is 24.3 Å². The van der Waals surface area contributed by atoms with E-state index in [1.807, 2.05) is 49.4 Å². The molecule has 0 saturated heterocycles. The normalized spacial score (nSPS) is 11.9. The molecule has 0 atom stereocenters. The van der Waals surface area contributed by atoms with Gasteiger partial charge in [-0.25, -0.2) is 10.5 Å². The highest BCUT2D eigenvalue weighted by atomic mass is 19.4. The van der Waals surface area contributed by atoms with Crippen LogP contribution < -0.4 is 16.9 Å². The van der Waals surface area contributed by atoms with Crippen molar-refractivity contribution in [1.29, 1.82) is 0 Å². The first kappa shape index (κ1) is 34.7. The Morgan fingerprint density at radius 2 is 1.65 bits per heavy atom. The Labute approximate surface area is 250 Å². The van der Waals surface area contributed by atoms with Crippen molar-refractivity contribution >= 4 is 11.6 Å². The number of nitrogens with two attached hydrogens (primary N) is 2. The van der Waals surface area contributed by atoms with Crippen molar-refractivity contribution in [3.05, 3.63) is 109 Å². The van der Waals surface area contributed by atoms with Gasteiger partial charge in [0.25, 0.3) is 0 Å². The van der Waals surface area contributed by atoms with E-state index in [1.165, 1.54) is 24.2 Å². The molecule has 3 aromatic rings. The second kappa shape index (κ2) is 16.9. The monoisotopic (exact) mass is 596 g/mol. The molecule has 1 amide bonds. The van der Waals surface area contributed by atoms with E-state index >= 15 is 0 Å². The number of methoxy groups -OCH3 is 1. The summed E-state index contributed by atoms with van der Waals surface area (Å²) in [5, 5.41) is 8.76. The number of ether oxygens (including phenoxy) is 1. The van der Waals surface area contributed by atoms with Gasteiger partial charge in [-0.3, -0.25) is 9.80 Å². The second-order valence-corrected chi connectivity index (χ2v) is 9.04. The van der Waals surface area contributed by atoms with Crippen molar-refractivity contribution in [2.75, 3.05) is 27.8 Å². The number of alkyl halides is 3. The fourth-order valence-corrected chi connectivity index (χ4v) is 3.91. The van der Waals surface area contributed by atoms with E-state index < -0.39 is 11.7 Å². The molecular formula is C32H39F3N6O2. The number of hydrazine groups is 1. The minimum absolute atomic E-state index is 0.0889. The second-order valence-electron chi connectivity index (χ2n) is 9.04. The summed E-state index contributed by atoms with van der Waals surface area (Å²) in [6.45, 7) is 6.29. The summed E-state index contributed by atoms with van der Waals surface area (Å²) in [6, 6.07) is 14.5. The Kier molecular flexibility index (Phi) is 13.6. The molecule has 0 aliphatic heterocycles. The maximum absolute atomic E-state index is 13.0. The summed E-state index contributed by atoms with van der Waals surface area (Å²) in [5.41, 5.74) is 8.89. The molecule has 0 radical (unpaired) electrons. The molecule has 1 heterocycles. The average molecular weight is 597 g/mol. The van der Waals surface area contributed by atoms with Crippen LogP contribution in [0.15, 0.2) is 97.4 Å². The molecule has 5 N–H and O–H groups in total. The van der Waals surface area contributed by atoms with Crippen LogP contribution in [-0.4, -0.2) is 48.5 Å². The number of aromatic nitrogens is 2. The van der Waals surface area contributed by atoms with Crippen LogP contribution in [0.1, 0.15) is 24.6 Å². The molecule has 0 aliphatic carbocycles. The maximum Gasteiger partial charge on any atom is 0.416 e. The summed E-state index contributed by atoms with van der Waals surface area (Å²) in [7, 11) is 4.68. The standard InChI is InChI=1S/C31H34F3N5O2.CH5N/c1-5-28(17-7-22(2)38(35)19-6-20-41-4)39-29(21-27(37-39)16-18-30(40)36-3)25-10-8-23(9-11-25)24-12-14-26(15-13-24)31(32,33)34;1-2/h5-15,17,19,21H,2,16,18,20,35H2,1,3-4H3,(H,36,40);2H2,1H3/b17-7-,19-6+,28-5+;. The lowest BCUT2D eigenvalue weighted by Crippen LogP contribution is -2.22. The van der Waals surface area contributed by atoms with Gasteiger partial charge in [0, 0.05) is 44.5 Å². The van der Waals surface area contributed by atoms with E-state index in [-0.39, 0.29) is 12.3 Å². The molecule has 0 bridgehead atoms. The van der Waals surface area contributed by atoms with Crippen LogP contribution in [0.5, 0.6) is 0 Å². The number of carbonyl (C=O) groups excluding carboxylic acids is 1. The molecule has 0 fully saturated rings. The Bertz CT molecular complexity index is 1420. The minimum atomic E-state index is -4.38. The third kappa shape index (κ3) is 10.1. The molecule has 0 spiro atoms. The quantitative estimate of drug-likeness (QED) is 0.139. The van der Waals surface area contributed by atoms with E-state index in [4.69, 9.17) is 15.7 Å². The van der Waals surface area contributed by atoms with Crippen molar-refractivity contribution in [3.63, 3.8) is 0 Å². The summed E-state index contributed by atoms with van der Waals surface area (Å²) >= 11 is 0. The number of hydrogen-bond donors (Lipinski definition) is 3. The highest BCUT2D eigenvalue weighted by Crippen LogP contribution is 2.32. The van der Waals surface area contributed by atoms with Gasteiger partial charge in [-0.2, -0.15) is 18.3 Å². The van der Waals surface area contributed by atoms with Gasteiger partial charge in [0.15, 0.2) is 0 Å². The number of nitrogens with zero attached hydrogens (tertiary/aromatic N) is 3. The number of hydrogen-bond acceptors (Lipinski definition) is 6. The van der Waals surface area contributed by atoms with E-state index in [2.05, 4.69) is 17.6 Å². The lowest BCUT2D eigenvalue weighted by molar-refractivity contribution is -0.137. The molecule has 230 valence electrons. The average Bonchev–Trinajstić information content (AvgIpc) is 3.44. The van der Waals surface area contributed by atoms with Crippen LogP contribution in [0.2, 0.25) is 0 Å². The van der Waals surface area contributed by atoms with Crippen LogP contribution in [-0.2, 0) is 22.1 Å². The SMILES string of the molecule is C=C(/C=C\C(=C/C)n1nc(CCC(=O)NC)cc1-c1ccc(-c2ccc(C(F)(F)F)cc2)cc1)N(N)/C=C/COC.CN. The van der Waals surface area contributed by atoms with E-state index in [9.17, 15) is 18.0 Å². The largest absolute Gasteiger partial charge is 0.416 e. The van der Waals surface area contributed by atoms with Crippen molar-refractivity contribution < 1.29 is 22.7 Å². The summed E-state index contributed by atoms with van der Waals surface area (Å²) in [5.74, 6) is 5.94. The third-order valence-corrected chi connectivity index (χ3v) is 6.22. The molecule has 0 aliphatic rings. The number of rotatable bonds is 12. The van der Waals surface area contributed by atoms with Crippen LogP contribution >= 0.6 is 0 Å². The number of carbonyl (C=O) groups is 1. The number of halogens is 3. The molecular weight excluding hydrogens is 557 g/mol. The fourth-order valence-electron chi connectivity index (χ4n) is 3.91. The van der Waals surface area contributed by atoms with E-state index in [0.717, 1.165) is 40.3 Å². The molecule has 2 aromatic carbocycles. The smallest absolute Gasteiger partial charge is 0.381 e. The highest BCUT2D eigenvalue weighted by molar-refractivity contribution is 5.76. The lowest BCUT2D eigenvalue weighted by atomic mass is 10.0. The van der Waals surface area contributed by atoms with Crippen molar-refractivity contribution in [2.45, 2.75) is 25.9 Å². The van der Waals surface area contributed by atoms with Crippen LogP contribution in [0, 0.1) is 0 Å². The molecule has 43 heavy (non-hydrogen) atoms. The van der Waals surface area contributed by atoms with Crippen LogP contribution in [0.3, 0.4) is 0 Å². The third-order valence-electron chi connectivity index (χ3n) is 6.22. The summed E-state index contributed by atoms with van der Waals surface area (Å²) in [4.78, 5) is 11.9. The van der Waals surface area contributed by atoms with Crippen molar-refractivity contribution in [3.8, 4) is 22.4 Å².